The van der Waals surface area contributed by atoms with Gasteiger partial charge >= 0.3 is 0 Å². The van der Waals surface area contributed by atoms with Crippen molar-refractivity contribution in [3.63, 3.8) is 0 Å². The maximum absolute atomic E-state index is 10.3. The largest absolute Gasteiger partial charge is 0.481 e. The topological polar surface area (TPSA) is 93.3 Å². The molecule has 164 valence electrons. The fourth-order valence-electron chi connectivity index (χ4n) is 4.49. The molecule has 2 unspecified atom stereocenters. The molecule has 0 radical (unpaired) electrons. The van der Waals surface area contributed by atoms with E-state index in [1.54, 1.807) is 6.33 Å². The van der Waals surface area contributed by atoms with Gasteiger partial charge in [0, 0.05) is 52.5 Å². The highest BCUT2D eigenvalue weighted by atomic mass is 35.5. The third-order valence-electron chi connectivity index (χ3n) is 6.13. The zero-order valence-corrected chi connectivity index (χ0v) is 19.0. The molecule has 2 aliphatic heterocycles. The van der Waals surface area contributed by atoms with Crippen molar-refractivity contribution in [1.82, 2.24) is 20.4 Å². The van der Waals surface area contributed by atoms with Crippen LogP contribution >= 0.6 is 22.9 Å². The predicted octanol–water partition coefficient (Wildman–Crippen LogP) is 4.77. The SMILES string of the molecule is CCC(O)c1cc2ncnc(-c3cc(Cl)cc4c3OC(c3onc5c3CNCC5)C4)c2s1. The van der Waals surface area contributed by atoms with Gasteiger partial charge in [-0.25, -0.2) is 9.97 Å². The van der Waals surface area contributed by atoms with Crippen molar-refractivity contribution in [2.75, 3.05) is 6.54 Å². The number of thiophene rings is 1. The molecule has 0 aliphatic carbocycles. The molecule has 0 saturated carbocycles. The maximum Gasteiger partial charge on any atom is 0.182 e. The first-order chi connectivity index (χ1) is 15.6. The second-order valence-corrected chi connectivity index (χ2v) is 9.68. The summed E-state index contributed by atoms with van der Waals surface area (Å²) in [6.07, 6.45) is 2.94. The Balaban J connectivity index is 1.44. The summed E-state index contributed by atoms with van der Waals surface area (Å²) in [6.45, 7) is 3.60. The van der Waals surface area contributed by atoms with E-state index < -0.39 is 6.10 Å². The van der Waals surface area contributed by atoms with Crippen LogP contribution < -0.4 is 10.1 Å². The van der Waals surface area contributed by atoms with Gasteiger partial charge in [0.1, 0.15) is 12.1 Å². The minimum Gasteiger partial charge on any atom is -0.481 e. The van der Waals surface area contributed by atoms with Crippen LogP contribution in [0.5, 0.6) is 5.75 Å². The molecule has 0 spiro atoms. The van der Waals surface area contributed by atoms with E-state index in [0.29, 0.717) is 17.9 Å². The molecular formula is C23H21ClN4O3S. The third-order valence-corrected chi connectivity index (χ3v) is 7.58. The van der Waals surface area contributed by atoms with E-state index in [4.69, 9.17) is 20.9 Å². The predicted molar refractivity (Wildman–Crippen MR) is 122 cm³/mol. The molecule has 5 heterocycles. The second kappa shape index (κ2) is 7.81. The molecule has 32 heavy (non-hydrogen) atoms. The molecule has 2 N–H and O–H groups in total. The number of nitrogens with one attached hydrogen (secondary N) is 1. The molecule has 7 nitrogen and oxygen atoms in total. The number of hydrogen-bond donors (Lipinski definition) is 2. The Hall–Kier alpha value is -2.52. The summed E-state index contributed by atoms with van der Waals surface area (Å²) in [5.74, 6) is 1.54. The lowest BCUT2D eigenvalue weighted by molar-refractivity contribution is 0.177. The van der Waals surface area contributed by atoms with E-state index in [0.717, 1.165) is 74.2 Å². The minimum absolute atomic E-state index is 0.253. The van der Waals surface area contributed by atoms with Gasteiger partial charge in [-0.2, -0.15) is 0 Å². The quantitative estimate of drug-likeness (QED) is 0.445. The van der Waals surface area contributed by atoms with Gasteiger partial charge < -0.3 is 19.7 Å². The van der Waals surface area contributed by atoms with Gasteiger partial charge in [0.15, 0.2) is 11.9 Å². The monoisotopic (exact) mass is 468 g/mol. The van der Waals surface area contributed by atoms with Crippen LogP contribution in [0.3, 0.4) is 0 Å². The summed E-state index contributed by atoms with van der Waals surface area (Å²) in [5.41, 5.74) is 5.52. The summed E-state index contributed by atoms with van der Waals surface area (Å²) in [4.78, 5) is 9.87. The summed E-state index contributed by atoms with van der Waals surface area (Å²) in [5, 5.41) is 18.6. The van der Waals surface area contributed by atoms with E-state index in [-0.39, 0.29) is 6.10 Å². The van der Waals surface area contributed by atoms with Crippen molar-refractivity contribution in [3.05, 3.63) is 57.0 Å². The summed E-state index contributed by atoms with van der Waals surface area (Å²) in [7, 11) is 0. The average Bonchev–Trinajstić information content (AvgIpc) is 3.53. The number of aliphatic hydroxyl groups is 1. The Labute approximate surface area is 193 Å². The Morgan fingerprint density at radius 3 is 3.09 bits per heavy atom. The summed E-state index contributed by atoms with van der Waals surface area (Å²) < 4.78 is 13.1. The van der Waals surface area contributed by atoms with Crippen LogP contribution in [0.2, 0.25) is 5.02 Å². The third kappa shape index (κ3) is 3.21. The van der Waals surface area contributed by atoms with E-state index in [1.165, 1.54) is 11.3 Å². The van der Waals surface area contributed by atoms with Gasteiger partial charge in [-0.05, 0) is 24.6 Å². The summed E-state index contributed by atoms with van der Waals surface area (Å²) >= 11 is 8.02. The first-order valence-electron chi connectivity index (χ1n) is 10.7. The fourth-order valence-corrected chi connectivity index (χ4v) is 5.92. The van der Waals surface area contributed by atoms with E-state index in [9.17, 15) is 5.11 Å². The van der Waals surface area contributed by atoms with Crippen LogP contribution in [-0.2, 0) is 19.4 Å². The van der Waals surface area contributed by atoms with Gasteiger partial charge in [-0.3, -0.25) is 0 Å². The Kier molecular flexibility index (Phi) is 4.91. The van der Waals surface area contributed by atoms with Crippen molar-refractivity contribution in [2.45, 2.75) is 44.9 Å². The number of halogens is 1. The molecule has 0 bridgehead atoms. The van der Waals surface area contributed by atoms with E-state index >= 15 is 0 Å². The second-order valence-electron chi connectivity index (χ2n) is 8.16. The van der Waals surface area contributed by atoms with E-state index in [1.807, 2.05) is 25.1 Å². The molecule has 4 aromatic rings. The molecule has 2 atom stereocenters. The Morgan fingerprint density at radius 2 is 2.22 bits per heavy atom. The minimum atomic E-state index is -0.515. The first kappa shape index (κ1) is 20.1. The maximum atomic E-state index is 10.3. The van der Waals surface area contributed by atoms with Crippen LogP contribution in [-0.4, -0.2) is 26.8 Å². The normalized spacial score (nSPS) is 18.4. The van der Waals surface area contributed by atoms with Crippen molar-refractivity contribution in [3.8, 4) is 17.0 Å². The highest BCUT2D eigenvalue weighted by Crippen LogP contribution is 2.47. The van der Waals surface area contributed by atoms with Crippen molar-refractivity contribution >= 4 is 33.2 Å². The molecule has 6 rings (SSSR count). The molecular weight excluding hydrogens is 448 g/mol. The van der Waals surface area contributed by atoms with Crippen LogP contribution in [0.25, 0.3) is 21.5 Å². The van der Waals surface area contributed by atoms with Crippen molar-refractivity contribution in [1.29, 1.82) is 0 Å². The van der Waals surface area contributed by atoms with Crippen LogP contribution in [0, 0.1) is 0 Å². The lowest BCUT2D eigenvalue weighted by Gasteiger charge is -2.14. The Bertz CT molecular complexity index is 1330. The number of benzene rings is 1. The molecule has 2 aliphatic rings. The highest BCUT2D eigenvalue weighted by molar-refractivity contribution is 7.19. The smallest absolute Gasteiger partial charge is 0.182 e. The van der Waals surface area contributed by atoms with Crippen molar-refractivity contribution < 1.29 is 14.4 Å². The molecule has 9 heteroatoms. The van der Waals surface area contributed by atoms with E-state index in [2.05, 4.69) is 20.4 Å². The van der Waals surface area contributed by atoms with Gasteiger partial charge in [0.2, 0.25) is 0 Å². The van der Waals surface area contributed by atoms with Gasteiger partial charge in [-0.1, -0.05) is 23.7 Å². The zero-order chi connectivity index (χ0) is 21.8. The van der Waals surface area contributed by atoms with Crippen LogP contribution in [0.4, 0.5) is 0 Å². The number of aliphatic hydroxyl groups excluding tert-OH is 1. The van der Waals surface area contributed by atoms with Gasteiger partial charge in [0.25, 0.3) is 0 Å². The number of rotatable bonds is 4. The molecule has 1 aromatic carbocycles. The molecule has 0 saturated heterocycles. The van der Waals surface area contributed by atoms with Gasteiger partial charge in [-0.15, -0.1) is 11.3 Å². The Morgan fingerprint density at radius 1 is 1.31 bits per heavy atom. The number of fused-ring (bicyclic) bond motifs is 3. The number of aromatic nitrogens is 3. The lowest BCUT2D eigenvalue weighted by atomic mass is 10.0. The summed E-state index contributed by atoms with van der Waals surface area (Å²) in [6, 6.07) is 5.76. The van der Waals surface area contributed by atoms with Crippen molar-refractivity contribution in [2.24, 2.45) is 0 Å². The average molecular weight is 469 g/mol. The zero-order valence-electron chi connectivity index (χ0n) is 17.4. The standard InChI is InChI=1S/C23H21ClN4O3S/c1-2-17(29)19-8-16-23(32-19)20(27-10-26-16)13-7-12(24)5-11-6-18(30-21(11)13)22-14-9-25-4-3-15(14)28-31-22/h5,7-8,10,17-18,25,29H,2-4,6,9H2,1H3. The molecule has 3 aromatic heterocycles. The number of hydrogen-bond acceptors (Lipinski definition) is 8. The number of nitrogens with zero attached hydrogens (tertiary/aromatic N) is 3. The molecule has 0 fully saturated rings. The highest BCUT2D eigenvalue weighted by Gasteiger charge is 2.34. The first-order valence-corrected chi connectivity index (χ1v) is 11.9. The number of ether oxygens (including phenoxy) is 1. The lowest BCUT2D eigenvalue weighted by Crippen LogP contribution is -2.24. The van der Waals surface area contributed by atoms with Crippen LogP contribution in [0.15, 0.2) is 29.0 Å². The van der Waals surface area contributed by atoms with Crippen LogP contribution in [0.1, 0.15) is 53.0 Å². The fraction of sp³-hybridized carbons (Fsp3) is 0.348. The molecule has 0 amide bonds. The van der Waals surface area contributed by atoms with Gasteiger partial charge in [0.05, 0.1) is 27.7 Å².